The molecule has 3 amide bonds. The minimum Gasteiger partial charge on any atom is -0.481 e. The van der Waals surface area contributed by atoms with Crippen LogP contribution in [0.25, 0.3) is 0 Å². The summed E-state index contributed by atoms with van der Waals surface area (Å²) in [5.41, 5.74) is 6.77. The summed E-state index contributed by atoms with van der Waals surface area (Å²) in [6.45, 7) is 4.06. The van der Waals surface area contributed by atoms with Gasteiger partial charge in [-0.3, -0.25) is 25.2 Å². The maximum atomic E-state index is 12.0. The van der Waals surface area contributed by atoms with Gasteiger partial charge in [-0.1, -0.05) is 49.4 Å². The van der Waals surface area contributed by atoms with E-state index in [1.165, 1.54) is 5.56 Å². The lowest BCUT2D eigenvalue weighted by molar-refractivity contribution is -0.133. The monoisotopic (exact) mass is 397 g/mol. The van der Waals surface area contributed by atoms with E-state index in [4.69, 9.17) is 4.74 Å². The van der Waals surface area contributed by atoms with Crippen molar-refractivity contribution < 1.29 is 19.1 Å². The summed E-state index contributed by atoms with van der Waals surface area (Å²) in [6.07, 6.45) is 0.142. The Hall–Kier alpha value is -3.35. The Morgan fingerprint density at radius 1 is 0.862 bits per heavy atom. The van der Waals surface area contributed by atoms with Crippen LogP contribution in [0.5, 0.6) is 5.75 Å². The molecule has 3 N–H and O–H groups in total. The second kappa shape index (κ2) is 11.5. The maximum Gasteiger partial charge on any atom is 0.279 e. The van der Waals surface area contributed by atoms with Crippen LogP contribution < -0.4 is 20.9 Å². The molecule has 0 heterocycles. The van der Waals surface area contributed by atoms with Gasteiger partial charge in [-0.2, -0.15) is 0 Å². The van der Waals surface area contributed by atoms with Crippen LogP contribution in [0.2, 0.25) is 0 Å². The van der Waals surface area contributed by atoms with Crippen LogP contribution in [0, 0.1) is 0 Å². The molecule has 0 radical (unpaired) electrons. The molecule has 0 fully saturated rings. The fraction of sp³-hybridized carbons (Fsp3) is 0.318. The highest BCUT2D eigenvalue weighted by molar-refractivity contribution is 5.86. The van der Waals surface area contributed by atoms with Crippen molar-refractivity contribution in [2.45, 2.75) is 45.8 Å². The summed E-state index contributed by atoms with van der Waals surface area (Å²) in [4.78, 5) is 35.7. The van der Waals surface area contributed by atoms with E-state index in [2.05, 4.69) is 23.1 Å². The number of benzene rings is 2. The number of amides is 3. The van der Waals surface area contributed by atoms with Crippen molar-refractivity contribution in [3.05, 3.63) is 65.7 Å². The highest BCUT2D eigenvalue weighted by atomic mass is 16.5. The van der Waals surface area contributed by atoms with Crippen molar-refractivity contribution in [3.8, 4) is 5.75 Å². The van der Waals surface area contributed by atoms with Crippen molar-refractivity contribution >= 4 is 17.7 Å². The first-order chi connectivity index (χ1) is 14.0. The van der Waals surface area contributed by atoms with Crippen LogP contribution in [0.3, 0.4) is 0 Å². The Bertz CT molecular complexity index is 807. The SMILES string of the molecule is CCc1ccc(OC(C)C(=O)NNC(=O)CCC(=O)NCc2ccccc2)cc1. The largest absolute Gasteiger partial charge is 0.481 e. The second-order valence-electron chi connectivity index (χ2n) is 6.56. The number of aryl methyl sites for hydroxylation is 1. The summed E-state index contributed by atoms with van der Waals surface area (Å²) in [7, 11) is 0. The molecule has 0 saturated heterocycles. The van der Waals surface area contributed by atoms with Crippen molar-refractivity contribution in [1.82, 2.24) is 16.2 Å². The van der Waals surface area contributed by atoms with Crippen LogP contribution in [0.15, 0.2) is 54.6 Å². The van der Waals surface area contributed by atoms with Gasteiger partial charge in [0, 0.05) is 19.4 Å². The molecule has 1 unspecified atom stereocenters. The van der Waals surface area contributed by atoms with E-state index < -0.39 is 17.9 Å². The van der Waals surface area contributed by atoms with E-state index in [-0.39, 0.29) is 18.7 Å². The molecule has 2 rings (SSSR count). The van der Waals surface area contributed by atoms with E-state index in [0.717, 1.165) is 12.0 Å². The number of rotatable bonds is 9. The van der Waals surface area contributed by atoms with Gasteiger partial charge in [0.25, 0.3) is 5.91 Å². The molecule has 7 heteroatoms. The lowest BCUT2D eigenvalue weighted by Gasteiger charge is -2.15. The molecule has 0 spiro atoms. The standard InChI is InChI=1S/C22H27N3O4/c1-3-17-9-11-19(12-10-17)29-16(2)22(28)25-24-21(27)14-13-20(26)23-15-18-7-5-4-6-8-18/h4-12,16H,3,13-15H2,1-2H3,(H,23,26)(H,24,27)(H,25,28). The smallest absolute Gasteiger partial charge is 0.279 e. The molecule has 154 valence electrons. The number of hydrazine groups is 1. The van der Waals surface area contributed by atoms with Gasteiger partial charge in [0.15, 0.2) is 6.10 Å². The van der Waals surface area contributed by atoms with Crippen molar-refractivity contribution in [2.24, 2.45) is 0 Å². The first kappa shape index (κ1) is 21.9. The molecule has 0 bridgehead atoms. The first-order valence-electron chi connectivity index (χ1n) is 9.63. The van der Waals surface area contributed by atoms with Gasteiger partial charge in [0.2, 0.25) is 11.8 Å². The summed E-state index contributed by atoms with van der Waals surface area (Å²) < 4.78 is 5.55. The summed E-state index contributed by atoms with van der Waals surface area (Å²) in [6, 6.07) is 17.0. The van der Waals surface area contributed by atoms with Crippen LogP contribution in [0.1, 0.15) is 37.8 Å². The summed E-state index contributed by atoms with van der Waals surface area (Å²) in [5, 5.41) is 2.75. The molecule has 2 aromatic carbocycles. The van der Waals surface area contributed by atoms with Crippen LogP contribution >= 0.6 is 0 Å². The van der Waals surface area contributed by atoms with Gasteiger partial charge < -0.3 is 10.1 Å². The van der Waals surface area contributed by atoms with Gasteiger partial charge in [-0.05, 0) is 36.6 Å². The molecule has 2 aromatic rings. The Morgan fingerprint density at radius 2 is 1.52 bits per heavy atom. The van der Waals surface area contributed by atoms with E-state index in [1.807, 2.05) is 42.5 Å². The van der Waals surface area contributed by atoms with E-state index in [9.17, 15) is 14.4 Å². The third kappa shape index (κ3) is 8.04. The highest BCUT2D eigenvalue weighted by Crippen LogP contribution is 2.14. The number of carbonyl (C=O) groups excluding carboxylic acids is 3. The van der Waals surface area contributed by atoms with Crippen molar-refractivity contribution in [1.29, 1.82) is 0 Å². The molecular weight excluding hydrogens is 370 g/mol. The predicted molar refractivity (Wildman–Crippen MR) is 110 cm³/mol. The lowest BCUT2D eigenvalue weighted by Crippen LogP contribution is -2.47. The first-order valence-corrected chi connectivity index (χ1v) is 9.63. The Labute approximate surface area is 170 Å². The fourth-order valence-electron chi connectivity index (χ4n) is 2.47. The Balaban J connectivity index is 1.64. The van der Waals surface area contributed by atoms with E-state index in [1.54, 1.807) is 19.1 Å². The molecule has 1 atom stereocenters. The quantitative estimate of drug-likeness (QED) is 0.566. The summed E-state index contributed by atoms with van der Waals surface area (Å²) in [5.74, 6) is -0.590. The number of hydrogen-bond donors (Lipinski definition) is 3. The van der Waals surface area contributed by atoms with Crippen LogP contribution in [-0.2, 0) is 27.3 Å². The minimum atomic E-state index is -0.781. The zero-order valence-corrected chi connectivity index (χ0v) is 16.7. The molecule has 0 aliphatic rings. The van der Waals surface area contributed by atoms with Crippen molar-refractivity contribution in [2.75, 3.05) is 0 Å². The average molecular weight is 397 g/mol. The molecule has 7 nitrogen and oxygen atoms in total. The maximum absolute atomic E-state index is 12.0. The van der Waals surface area contributed by atoms with Crippen molar-refractivity contribution in [3.63, 3.8) is 0 Å². The van der Waals surface area contributed by atoms with Crippen LogP contribution in [-0.4, -0.2) is 23.8 Å². The Kier molecular flexibility index (Phi) is 8.69. The molecule has 0 aliphatic carbocycles. The fourth-order valence-corrected chi connectivity index (χ4v) is 2.47. The number of ether oxygens (including phenoxy) is 1. The molecule has 0 saturated carbocycles. The zero-order chi connectivity index (χ0) is 21.1. The van der Waals surface area contributed by atoms with E-state index in [0.29, 0.717) is 12.3 Å². The highest BCUT2D eigenvalue weighted by Gasteiger charge is 2.15. The normalized spacial score (nSPS) is 11.2. The minimum absolute atomic E-state index is 0.0321. The van der Waals surface area contributed by atoms with Gasteiger partial charge in [0.05, 0.1) is 0 Å². The third-order valence-electron chi connectivity index (χ3n) is 4.25. The Morgan fingerprint density at radius 3 is 2.17 bits per heavy atom. The molecular formula is C22H27N3O4. The average Bonchev–Trinajstić information content (AvgIpc) is 2.75. The van der Waals surface area contributed by atoms with Gasteiger partial charge in [-0.15, -0.1) is 0 Å². The van der Waals surface area contributed by atoms with Gasteiger partial charge in [-0.25, -0.2) is 0 Å². The predicted octanol–water partition coefficient (Wildman–Crippen LogP) is 2.26. The summed E-state index contributed by atoms with van der Waals surface area (Å²) >= 11 is 0. The number of carbonyl (C=O) groups is 3. The third-order valence-corrected chi connectivity index (χ3v) is 4.25. The van der Waals surface area contributed by atoms with E-state index >= 15 is 0 Å². The zero-order valence-electron chi connectivity index (χ0n) is 16.7. The van der Waals surface area contributed by atoms with Gasteiger partial charge >= 0.3 is 0 Å². The number of hydrogen-bond acceptors (Lipinski definition) is 4. The van der Waals surface area contributed by atoms with Crippen LogP contribution in [0.4, 0.5) is 0 Å². The molecule has 29 heavy (non-hydrogen) atoms. The lowest BCUT2D eigenvalue weighted by atomic mass is 10.2. The molecule has 0 aromatic heterocycles. The molecule has 0 aliphatic heterocycles. The topological polar surface area (TPSA) is 96.5 Å². The van der Waals surface area contributed by atoms with Gasteiger partial charge in [0.1, 0.15) is 5.75 Å². The number of nitrogens with one attached hydrogen (secondary N) is 3. The second-order valence-corrected chi connectivity index (χ2v) is 6.56.